The first-order valence-corrected chi connectivity index (χ1v) is 9.44. The van der Waals surface area contributed by atoms with Gasteiger partial charge in [0.15, 0.2) is 17.3 Å². The molecule has 1 heterocycles. The molecule has 2 fully saturated rings. The average molecular weight is 394 g/mol. The van der Waals surface area contributed by atoms with Crippen molar-refractivity contribution in [3.05, 3.63) is 30.4 Å². The van der Waals surface area contributed by atoms with Gasteiger partial charge in [-0.2, -0.15) is 0 Å². The summed E-state index contributed by atoms with van der Waals surface area (Å²) in [6.45, 7) is 5.81. The monoisotopic (exact) mass is 394 g/mol. The number of allylic oxidation sites excluding steroid dienone is 1. The lowest BCUT2D eigenvalue weighted by atomic mass is 9.59. The first-order chi connectivity index (χ1) is 13.3. The molecule has 28 heavy (non-hydrogen) atoms. The SMILES string of the molecule is C=CC[C@]12C[C@@H](O)[C@@H](O)CC1(O)OC(c1cc(OC)c(OC)c(OC)c1)[C@H]2C. The number of aliphatic hydroxyl groups is 3. The second kappa shape index (κ2) is 7.55. The van der Waals surface area contributed by atoms with E-state index in [2.05, 4.69) is 6.58 Å². The smallest absolute Gasteiger partial charge is 0.203 e. The summed E-state index contributed by atoms with van der Waals surface area (Å²) in [5, 5.41) is 31.9. The Labute approximate surface area is 165 Å². The van der Waals surface area contributed by atoms with Crippen LogP contribution in [-0.2, 0) is 4.74 Å². The lowest BCUT2D eigenvalue weighted by Gasteiger charge is -2.49. The van der Waals surface area contributed by atoms with Crippen LogP contribution in [0.1, 0.15) is 37.9 Å². The van der Waals surface area contributed by atoms with Gasteiger partial charge in [0.2, 0.25) is 5.75 Å². The summed E-state index contributed by atoms with van der Waals surface area (Å²) in [4.78, 5) is 0. The van der Waals surface area contributed by atoms with Gasteiger partial charge in [0.05, 0.1) is 39.6 Å². The number of methoxy groups -OCH3 is 3. The van der Waals surface area contributed by atoms with Crippen molar-refractivity contribution in [3.63, 3.8) is 0 Å². The van der Waals surface area contributed by atoms with Crippen LogP contribution in [0, 0.1) is 11.3 Å². The molecule has 0 aromatic heterocycles. The maximum Gasteiger partial charge on any atom is 0.203 e. The minimum absolute atomic E-state index is 0.0622. The van der Waals surface area contributed by atoms with Crippen LogP contribution < -0.4 is 14.2 Å². The Balaban J connectivity index is 2.09. The molecule has 1 aromatic rings. The third kappa shape index (κ3) is 2.97. The van der Waals surface area contributed by atoms with Crippen LogP contribution in [0.2, 0.25) is 0 Å². The van der Waals surface area contributed by atoms with E-state index in [9.17, 15) is 15.3 Å². The maximum absolute atomic E-state index is 11.4. The number of fused-ring (bicyclic) bond motifs is 1. The van der Waals surface area contributed by atoms with E-state index in [1.165, 1.54) is 7.11 Å². The Kier molecular flexibility index (Phi) is 5.64. The molecule has 1 aliphatic heterocycles. The molecule has 2 aliphatic rings. The van der Waals surface area contributed by atoms with E-state index >= 15 is 0 Å². The van der Waals surface area contributed by atoms with Gasteiger partial charge in [0.25, 0.3) is 0 Å². The number of benzene rings is 1. The first kappa shape index (κ1) is 20.9. The van der Waals surface area contributed by atoms with Gasteiger partial charge in [0.1, 0.15) is 0 Å². The van der Waals surface area contributed by atoms with Crippen molar-refractivity contribution in [3.8, 4) is 17.2 Å². The molecule has 1 aliphatic carbocycles. The highest BCUT2D eigenvalue weighted by Crippen LogP contribution is 2.63. The number of aliphatic hydroxyl groups excluding tert-OH is 2. The molecule has 1 saturated heterocycles. The fourth-order valence-corrected chi connectivity index (χ4v) is 4.91. The summed E-state index contributed by atoms with van der Waals surface area (Å²) < 4.78 is 22.5. The van der Waals surface area contributed by atoms with Crippen LogP contribution >= 0.6 is 0 Å². The van der Waals surface area contributed by atoms with Gasteiger partial charge in [-0.15, -0.1) is 6.58 Å². The minimum atomic E-state index is -1.58. The number of hydrogen-bond donors (Lipinski definition) is 3. The van der Waals surface area contributed by atoms with Crippen molar-refractivity contribution < 1.29 is 34.3 Å². The molecule has 3 N–H and O–H groups in total. The Morgan fingerprint density at radius 3 is 2.18 bits per heavy atom. The molecule has 0 radical (unpaired) electrons. The van der Waals surface area contributed by atoms with Crippen molar-refractivity contribution in [2.24, 2.45) is 11.3 Å². The lowest BCUT2D eigenvalue weighted by molar-refractivity contribution is -0.285. The van der Waals surface area contributed by atoms with Crippen LogP contribution in [0.3, 0.4) is 0 Å². The van der Waals surface area contributed by atoms with Gasteiger partial charge in [0, 0.05) is 11.8 Å². The average Bonchev–Trinajstić information content (AvgIpc) is 2.89. The van der Waals surface area contributed by atoms with Gasteiger partial charge in [-0.3, -0.25) is 0 Å². The van der Waals surface area contributed by atoms with Crippen LogP contribution in [0.5, 0.6) is 17.2 Å². The minimum Gasteiger partial charge on any atom is -0.493 e. The van der Waals surface area contributed by atoms with Gasteiger partial charge in [-0.05, 0) is 36.5 Å². The second-order valence-electron chi connectivity index (χ2n) is 7.76. The fraction of sp³-hybridized carbons (Fsp3) is 0.619. The molecule has 0 amide bonds. The van der Waals surface area contributed by atoms with E-state index in [1.54, 1.807) is 32.4 Å². The van der Waals surface area contributed by atoms with Crippen LogP contribution in [0.25, 0.3) is 0 Å². The van der Waals surface area contributed by atoms with Crippen LogP contribution in [0.4, 0.5) is 0 Å². The van der Waals surface area contributed by atoms with E-state index in [4.69, 9.17) is 18.9 Å². The zero-order chi connectivity index (χ0) is 20.7. The van der Waals surface area contributed by atoms with Gasteiger partial charge in [-0.25, -0.2) is 0 Å². The fourth-order valence-electron chi connectivity index (χ4n) is 4.91. The maximum atomic E-state index is 11.4. The lowest BCUT2D eigenvalue weighted by Crippen LogP contribution is -2.57. The molecule has 1 saturated carbocycles. The quantitative estimate of drug-likeness (QED) is 0.636. The van der Waals surface area contributed by atoms with Crippen molar-refractivity contribution in [1.82, 2.24) is 0 Å². The Morgan fingerprint density at radius 2 is 1.68 bits per heavy atom. The van der Waals surface area contributed by atoms with E-state index in [1.807, 2.05) is 6.92 Å². The van der Waals surface area contributed by atoms with E-state index in [0.717, 1.165) is 5.56 Å². The molecule has 7 nitrogen and oxygen atoms in total. The normalized spacial score (nSPS) is 37.2. The summed E-state index contributed by atoms with van der Waals surface area (Å²) in [7, 11) is 4.62. The molecule has 3 rings (SSSR count). The second-order valence-corrected chi connectivity index (χ2v) is 7.76. The number of hydrogen-bond acceptors (Lipinski definition) is 7. The zero-order valence-corrected chi connectivity index (χ0v) is 16.8. The topological polar surface area (TPSA) is 97.6 Å². The van der Waals surface area contributed by atoms with Crippen molar-refractivity contribution in [1.29, 1.82) is 0 Å². The third-order valence-corrected chi connectivity index (χ3v) is 6.45. The third-order valence-electron chi connectivity index (χ3n) is 6.45. The molecule has 7 heteroatoms. The van der Waals surface area contributed by atoms with E-state index in [0.29, 0.717) is 23.7 Å². The number of ether oxygens (including phenoxy) is 4. The summed E-state index contributed by atoms with van der Waals surface area (Å²) >= 11 is 0. The van der Waals surface area contributed by atoms with Crippen LogP contribution in [-0.4, -0.2) is 54.6 Å². The molecule has 156 valence electrons. The molecule has 0 spiro atoms. The van der Waals surface area contributed by atoms with Crippen molar-refractivity contribution in [2.75, 3.05) is 21.3 Å². The van der Waals surface area contributed by atoms with Gasteiger partial charge < -0.3 is 34.3 Å². The van der Waals surface area contributed by atoms with E-state index in [-0.39, 0.29) is 18.8 Å². The highest BCUT2D eigenvalue weighted by Gasteiger charge is 2.66. The van der Waals surface area contributed by atoms with Crippen molar-refractivity contribution in [2.45, 2.75) is 50.3 Å². The molecule has 6 atom stereocenters. The molecule has 2 unspecified atom stereocenters. The molecular formula is C21H30O7. The predicted octanol–water partition coefficient (Wildman–Crippen LogP) is 2.19. The van der Waals surface area contributed by atoms with Crippen molar-refractivity contribution >= 4 is 0 Å². The number of rotatable bonds is 6. The van der Waals surface area contributed by atoms with Gasteiger partial charge >= 0.3 is 0 Å². The Hall–Kier alpha value is -1.80. The molecular weight excluding hydrogens is 364 g/mol. The standard InChI is InChI=1S/C21H30O7/c1-6-7-20-10-14(22)15(23)11-21(20,24)28-18(12(20)2)13-8-16(25-3)19(27-5)17(9-13)26-4/h6,8-9,12,14-15,18,22-24H,1,7,10-11H2,2-5H3/t12-,14-,15+,18?,20-,21?/m1/s1. The van der Waals surface area contributed by atoms with Crippen LogP contribution in [0.15, 0.2) is 24.8 Å². The summed E-state index contributed by atoms with van der Waals surface area (Å²) in [5.41, 5.74) is -0.00408. The highest BCUT2D eigenvalue weighted by molar-refractivity contribution is 5.54. The summed E-state index contributed by atoms with van der Waals surface area (Å²) in [5.74, 6) is -0.285. The Bertz CT molecular complexity index is 710. The summed E-state index contributed by atoms with van der Waals surface area (Å²) in [6.07, 6.45) is -0.122. The zero-order valence-electron chi connectivity index (χ0n) is 16.8. The first-order valence-electron chi connectivity index (χ1n) is 9.44. The molecule has 1 aromatic carbocycles. The summed E-state index contributed by atoms with van der Waals surface area (Å²) in [6, 6.07) is 3.61. The van der Waals surface area contributed by atoms with Gasteiger partial charge in [-0.1, -0.05) is 13.0 Å². The highest BCUT2D eigenvalue weighted by atomic mass is 16.6. The predicted molar refractivity (Wildman–Crippen MR) is 103 cm³/mol. The Morgan fingerprint density at radius 1 is 1.11 bits per heavy atom. The largest absolute Gasteiger partial charge is 0.493 e. The van der Waals surface area contributed by atoms with E-state index < -0.39 is 29.5 Å². The molecule has 0 bridgehead atoms.